The van der Waals surface area contributed by atoms with E-state index in [1.807, 2.05) is 20.8 Å². The number of benzene rings is 1. The van der Waals surface area contributed by atoms with Gasteiger partial charge in [0.05, 0.1) is 12.8 Å². The van der Waals surface area contributed by atoms with E-state index in [1.54, 1.807) is 36.6 Å². The molecule has 0 bridgehead atoms. The summed E-state index contributed by atoms with van der Waals surface area (Å²) in [7, 11) is 0. The van der Waals surface area contributed by atoms with Crippen LogP contribution in [0.2, 0.25) is 0 Å². The molecule has 1 atom stereocenters. The van der Waals surface area contributed by atoms with E-state index < -0.39 is 0 Å². The molecule has 0 aliphatic rings. The Morgan fingerprint density at radius 3 is 2.67 bits per heavy atom. The molecule has 6 nitrogen and oxygen atoms in total. The lowest BCUT2D eigenvalue weighted by atomic mass is 10.1. The van der Waals surface area contributed by atoms with Gasteiger partial charge in [0.15, 0.2) is 0 Å². The predicted octanol–water partition coefficient (Wildman–Crippen LogP) is 3.44. The largest absolute Gasteiger partial charge is 0.467 e. The number of rotatable bonds is 6. The van der Waals surface area contributed by atoms with Crippen molar-refractivity contribution < 1.29 is 14.0 Å². The number of anilines is 1. The Morgan fingerprint density at radius 1 is 1.25 bits per heavy atom. The molecule has 0 spiro atoms. The molecular formula is C18H23N3O3. The van der Waals surface area contributed by atoms with Gasteiger partial charge in [-0.15, -0.1) is 0 Å². The molecule has 2 aromatic rings. The van der Waals surface area contributed by atoms with Crippen molar-refractivity contribution in [3.8, 4) is 0 Å². The molecule has 0 unspecified atom stereocenters. The Kier molecular flexibility index (Phi) is 6.01. The molecular weight excluding hydrogens is 306 g/mol. The fraction of sp³-hybridized carbons (Fsp3) is 0.333. The van der Waals surface area contributed by atoms with Crippen molar-refractivity contribution in [2.75, 3.05) is 5.32 Å². The topological polar surface area (TPSA) is 83.4 Å². The molecule has 1 heterocycles. The van der Waals surface area contributed by atoms with Crippen LogP contribution in [-0.2, 0) is 6.54 Å². The highest BCUT2D eigenvalue weighted by Gasteiger charge is 2.11. The number of carbonyl (C=O) groups excluding carboxylic acids is 2. The average molecular weight is 329 g/mol. The second-order valence-corrected chi connectivity index (χ2v) is 5.70. The van der Waals surface area contributed by atoms with Gasteiger partial charge < -0.3 is 20.4 Å². The summed E-state index contributed by atoms with van der Waals surface area (Å²) in [4.78, 5) is 24.0. The Morgan fingerprint density at radius 2 is 2.04 bits per heavy atom. The summed E-state index contributed by atoms with van der Waals surface area (Å²) in [6.45, 7) is 6.14. The maximum Gasteiger partial charge on any atom is 0.319 e. The summed E-state index contributed by atoms with van der Waals surface area (Å²) in [5, 5.41) is 8.40. The first-order valence-electron chi connectivity index (χ1n) is 7.98. The number of hydrogen-bond acceptors (Lipinski definition) is 3. The van der Waals surface area contributed by atoms with E-state index in [0.29, 0.717) is 23.6 Å². The normalized spacial score (nSPS) is 11.6. The number of aryl methyl sites for hydroxylation is 1. The van der Waals surface area contributed by atoms with Gasteiger partial charge >= 0.3 is 6.03 Å². The summed E-state index contributed by atoms with van der Waals surface area (Å²) in [5.41, 5.74) is 2.06. The highest BCUT2D eigenvalue weighted by molar-refractivity contribution is 5.96. The van der Waals surface area contributed by atoms with Crippen LogP contribution < -0.4 is 16.0 Å². The van der Waals surface area contributed by atoms with E-state index in [0.717, 1.165) is 12.0 Å². The smallest absolute Gasteiger partial charge is 0.319 e. The third-order valence-electron chi connectivity index (χ3n) is 3.73. The molecule has 3 amide bonds. The summed E-state index contributed by atoms with van der Waals surface area (Å²) >= 11 is 0. The van der Waals surface area contributed by atoms with Crippen molar-refractivity contribution in [3.05, 3.63) is 53.5 Å². The fourth-order valence-corrected chi connectivity index (χ4v) is 2.10. The fourth-order valence-electron chi connectivity index (χ4n) is 2.10. The molecule has 0 saturated heterocycles. The van der Waals surface area contributed by atoms with E-state index in [2.05, 4.69) is 16.0 Å². The SMILES string of the molecule is CC[C@H](C)NC(=O)c1ccc(NC(=O)NCc2ccco2)c(C)c1. The van der Waals surface area contributed by atoms with Gasteiger partial charge in [0.25, 0.3) is 5.91 Å². The lowest BCUT2D eigenvalue weighted by molar-refractivity contribution is 0.0939. The van der Waals surface area contributed by atoms with E-state index in [1.165, 1.54) is 0 Å². The molecule has 3 N–H and O–H groups in total. The van der Waals surface area contributed by atoms with Gasteiger partial charge in [-0.05, 0) is 56.2 Å². The molecule has 0 fully saturated rings. The molecule has 0 saturated carbocycles. The lowest BCUT2D eigenvalue weighted by Gasteiger charge is -2.13. The summed E-state index contributed by atoms with van der Waals surface area (Å²) < 4.78 is 5.15. The van der Waals surface area contributed by atoms with Crippen LogP contribution in [0.4, 0.5) is 10.5 Å². The third kappa shape index (κ3) is 4.87. The van der Waals surface area contributed by atoms with Crippen molar-refractivity contribution in [3.63, 3.8) is 0 Å². The molecule has 6 heteroatoms. The number of hydrogen-bond donors (Lipinski definition) is 3. The maximum absolute atomic E-state index is 12.1. The van der Waals surface area contributed by atoms with Gasteiger partial charge in [0, 0.05) is 17.3 Å². The number of nitrogens with one attached hydrogen (secondary N) is 3. The predicted molar refractivity (Wildman–Crippen MR) is 93.0 cm³/mol. The summed E-state index contributed by atoms with van der Waals surface area (Å²) in [6.07, 6.45) is 2.43. The van der Waals surface area contributed by atoms with Crippen molar-refractivity contribution in [1.82, 2.24) is 10.6 Å². The average Bonchev–Trinajstić information content (AvgIpc) is 3.08. The second kappa shape index (κ2) is 8.19. The zero-order chi connectivity index (χ0) is 17.5. The zero-order valence-corrected chi connectivity index (χ0v) is 14.2. The van der Waals surface area contributed by atoms with Crippen molar-refractivity contribution >= 4 is 17.6 Å². The molecule has 0 aliphatic heterocycles. The van der Waals surface area contributed by atoms with E-state index in [9.17, 15) is 9.59 Å². The highest BCUT2D eigenvalue weighted by Crippen LogP contribution is 2.16. The van der Waals surface area contributed by atoms with Gasteiger partial charge in [-0.25, -0.2) is 4.79 Å². The van der Waals surface area contributed by atoms with Gasteiger partial charge in [0.1, 0.15) is 5.76 Å². The van der Waals surface area contributed by atoms with E-state index in [-0.39, 0.29) is 18.0 Å². The molecule has 1 aromatic carbocycles. The first kappa shape index (κ1) is 17.6. The quantitative estimate of drug-likeness (QED) is 0.759. The highest BCUT2D eigenvalue weighted by atomic mass is 16.3. The van der Waals surface area contributed by atoms with Gasteiger partial charge in [0.2, 0.25) is 0 Å². The Balaban J connectivity index is 1.94. The van der Waals surface area contributed by atoms with Gasteiger partial charge in [-0.3, -0.25) is 4.79 Å². The van der Waals surface area contributed by atoms with Crippen molar-refractivity contribution in [2.24, 2.45) is 0 Å². The first-order valence-corrected chi connectivity index (χ1v) is 7.98. The van der Waals surface area contributed by atoms with Crippen LogP contribution in [0.3, 0.4) is 0 Å². The summed E-state index contributed by atoms with van der Waals surface area (Å²) in [6, 6.07) is 8.55. The molecule has 128 valence electrons. The summed E-state index contributed by atoms with van der Waals surface area (Å²) in [5.74, 6) is 0.570. The van der Waals surface area contributed by atoms with Crippen LogP contribution in [-0.4, -0.2) is 18.0 Å². The standard InChI is InChI=1S/C18H23N3O3/c1-4-13(3)20-17(22)14-7-8-16(12(2)10-14)21-18(23)19-11-15-6-5-9-24-15/h5-10,13H,4,11H2,1-3H3,(H,20,22)(H2,19,21,23)/t13-/m0/s1. The first-order chi connectivity index (χ1) is 11.5. The zero-order valence-electron chi connectivity index (χ0n) is 14.2. The number of amides is 3. The van der Waals surface area contributed by atoms with Gasteiger partial charge in [-0.2, -0.15) is 0 Å². The van der Waals surface area contributed by atoms with Crippen molar-refractivity contribution in [2.45, 2.75) is 39.8 Å². The molecule has 0 aliphatic carbocycles. The van der Waals surface area contributed by atoms with Crippen LogP contribution in [0.25, 0.3) is 0 Å². The van der Waals surface area contributed by atoms with Crippen molar-refractivity contribution in [1.29, 1.82) is 0 Å². The minimum absolute atomic E-state index is 0.110. The molecule has 1 aromatic heterocycles. The minimum atomic E-state index is -0.327. The molecule has 0 radical (unpaired) electrons. The van der Waals surface area contributed by atoms with E-state index >= 15 is 0 Å². The number of urea groups is 1. The monoisotopic (exact) mass is 329 g/mol. The van der Waals surface area contributed by atoms with Crippen LogP contribution in [0.5, 0.6) is 0 Å². The minimum Gasteiger partial charge on any atom is -0.467 e. The number of furan rings is 1. The lowest BCUT2D eigenvalue weighted by Crippen LogP contribution is -2.32. The maximum atomic E-state index is 12.1. The van der Waals surface area contributed by atoms with Gasteiger partial charge in [-0.1, -0.05) is 6.92 Å². The Labute approximate surface area is 141 Å². The van der Waals surface area contributed by atoms with Crippen LogP contribution >= 0.6 is 0 Å². The van der Waals surface area contributed by atoms with E-state index in [4.69, 9.17) is 4.42 Å². The van der Waals surface area contributed by atoms with Crippen LogP contribution in [0.1, 0.15) is 41.9 Å². The Bertz CT molecular complexity index is 696. The third-order valence-corrected chi connectivity index (χ3v) is 3.73. The molecule has 2 rings (SSSR count). The second-order valence-electron chi connectivity index (χ2n) is 5.70. The van der Waals surface area contributed by atoms with Crippen LogP contribution in [0, 0.1) is 6.92 Å². The van der Waals surface area contributed by atoms with Crippen LogP contribution in [0.15, 0.2) is 41.0 Å². The molecule has 24 heavy (non-hydrogen) atoms. The number of carbonyl (C=O) groups is 2. The Hall–Kier alpha value is -2.76.